The topological polar surface area (TPSA) is 74.6 Å². The third kappa shape index (κ3) is 4.02. The Labute approximate surface area is 171 Å². The van der Waals surface area contributed by atoms with Crippen LogP contribution in [0.25, 0.3) is 0 Å². The fourth-order valence-corrected chi connectivity index (χ4v) is 4.04. The molecule has 0 unspecified atom stereocenters. The number of hydrogen-bond acceptors (Lipinski definition) is 4. The van der Waals surface area contributed by atoms with Gasteiger partial charge in [0.2, 0.25) is 0 Å². The van der Waals surface area contributed by atoms with Crippen molar-refractivity contribution in [3.8, 4) is 11.5 Å². The van der Waals surface area contributed by atoms with Crippen LogP contribution in [0.2, 0.25) is 5.02 Å². The number of aromatic hydroxyl groups is 2. The number of carbonyl (C=O) groups is 2. The highest BCUT2D eigenvalue weighted by atomic mass is 35.5. The van der Waals surface area contributed by atoms with Gasteiger partial charge in [0.1, 0.15) is 17.3 Å². The molecule has 0 saturated heterocycles. The first kappa shape index (κ1) is 22.2. The smallest absolute Gasteiger partial charge is 0.154 e. The van der Waals surface area contributed by atoms with E-state index in [4.69, 9.17) is 11.6 Å². The van der Waals surface area contributed by atoms with Gasteiger partial charge in [0.15, 0.2) is 6.29 Å². The van der Waals surface area contributed by atoms with Gasteiger partial charge in [-0.05, 0) is 43.6 Å². The van der Waals surface area contributed by atoms with Crippen molar-refractivity contribution >= 4 is 23.7 Å². The van der Waals surface area contributed by atoms with Crippen molar-refractivity contribution < 1.29 is 19.8 Å². The molecule has 2 rings (SSSR count). The standard InChI is InChI=1S/C23H29ClO4/c1-13(10-11-23(5)14(2)7-9-19(26)16(23)4)6-8-17-21(27)18(12-25)15(3)20(24)22(17)28/h6,10-12,14,16,27-28H,7-9H2,1-5H3/b11-10+,13-6+/t14-,16+,23+/m0/s1. The molecule has 0 spiro atoms. The van der Waals surface area contributed by atoms with Crippen molar-refractivity contribution in [1.82, 2.24) is 0 Å². The van der Waals surface area contributed by atoms with E-state index in [0.29, 0.717) is 30.0 Å². The van der Waals surface area contributed by atoms with E-state index in [9.17, 15) is 19.8 Å². The highest BCUT2D eigenvalue weighted by Gasteiger charge is 2.41. The first-order valence-corrected chi connectivity index (χ1v) is 9.99. The van der Waals surface area contributed by atoms with Crippen molar-refractivity contribution in [3.63, 3.8) is 0 Å². The van der Waals surface area contributed by atoms with E-state index in [1.165, 1.54) is 0 Å². The summed E-state index contributed by atoms with van der Waals surface area (Å²) < 4.78 is 0. The Balaban J connectivity index is 2.28. The van der Waals surface area contributed by atoms with Crippen LogP contribution in [0.3, 0.4) is 0 Å². The number of benzene rings is 1. The van der Waals surface area contributed by atoms with Gasteiger partial charge in [-0.15, -0.1) is 0 Å². The summed E-state index contributed by atoms with van der Waals surface area (Å²) in [5.74, 6) is 0.233. The van der Waals surface area contributed by atoms with Crippen molar-refractivity contribution in [2.75, 3.05) is 0 Å². The van der Waals surface area contributed by atoms with Crippen molar-refractivity contribution in [1.29, 1.82) is 0 Å². The quantitative estimate of drug-likeness (QED) is 0.497. The molecule has 5 heteroatoms. The summed E-state index contributed by atoms with van der Waals surface area (Å²) in [6.07, 6.45) is 8.25. The number of phenolic OH excluding ortho intramolecular Hbond substituents is 2. The average Bonchev–Trinajstić information content (AvgIpc) is 2.66. The summed E-state index contributed by atoms with van der Waals surface area (Å²) in [6.45, 7) is 9.79. The van der Waals surface area contributed by atoms with Crippen LogP contribution in [0, 0.1) is 24.2 Å². The van der Waals surface area contributed by atoms with Gasteiger partial charge in [0.05, 0.1) is 10.6 Å². The van der Waals surface area contributed by atoms with Crippen LogP contribution >= 0.6 is 11.6 Å². The number of phenols is 2. The van der Waals surface area contributed by atoms with Crippen LogP contribution in [0.15, 0.2) is 23.8 Å². The largest absolute Gasteiger partial charge is 0.507 e. The maximum atomic E-state index is 12.2. The van der Waals surface area contributed by atoms with Gasteiger partial charge in [-0.25, -0.2) is 0 Å². The van der Waals surface area contributed by atoms with Crippen molar-refractivity contribution in [2.45, 2.75) is 53.9 Å². The maximum Gasteiger partial charge on any atom is 0.154 e. The number of allylic oxidation sites excluding steroid dienone is 4. The molecule has 0 aromatic heterocycles. The van der Waals surface area contributed by atoms with E-state index in [-0.39, 0.29) is 45.4 Å². The Hall–Kier alpha value is -2.07. The van der Waals surface area contributed by atoms with Gasteiger partial charge in [-0.1, -0.05) is 56.2 Å². The number of hydrogen-bond donors (Lipinski definition) is 2. The first-order chi connectivity index (χ1) is 13.0. The molecule has 3 atom stereocenters. The lowest BCUT2D eigenvalue weighted by Gasteiger charge is -2.42. The molecule has 1 aromatic rings. The lowest BCUT2D eigenvalue weighted by atomic mass is 9.61. The second-order valence-corrected chi connectivity index (χ2v) is 8.50. The zero-order valence-electron chi connectivity index (χ0n) is 17.2. The summed E-state index contributed by atoms with van der Waals surface area (Å²) in [5, 5.41) is 20.7. The molecular weight excluding hydrogens is 376 g/mol. The molecule has 1 fully saturated rings. The lowest BCUT2D eigenvalue weighted by molar-refractivity contribution is -0.129. The minimum Gasteiger partial charge on any atom is -0.507 e. The number of rotatable bonds is 5. The Morgan fingerprint density at radius 1 is 1.29 bits per heavy atom. The van der Waals surface area contributed by atoms with Crippen LogP contribution in [0.1, 0.15) is 62.0 Å². The minimum absolute atomic E-state index is 0.0283. The van der Waals surface area contributed by atoms with Gasteiger partial charge in [0.25, 0.3) is 0 Å². The fraction of sp³-hybridized carbons (Fsp3) is 0.478. The molecule has 0 bridgehead atoms. The fourth-order valence-electron chi connectivity index (χ4n) is 3.83. The Kier molecular flexibility index (Phi) is 6.76. The van der Waals surface area contributed by atoms with E-state index in [1.54, 1.807) is 6.92 Å². The minimum atomic E-state index is -0.241. The average molecular weight is 405 g/mol. The van der Waals surface area contributed by atoms with Gasteiger partial charge in [-0.2, -0.15) is 0 Å². The molecule has 152 valence electrons. The summed E-state index contributed by atoms with van der Waals surface area (Å²) >= 11 is 6.09. The molecule has 1 saturated carbocycles. The van der Waals surface area contributed by atoms with Crippen molar-refractivity contribution in [2.24, 2.45) is 17.3 Å². The molecule has 0 amide bonds. The molecule has 1 aromatic carbocycles. The number of halogens is 1. The van der Waals surface area contributed by atoms with Crippen LogP contribution in [-0.2, 0) is 11.2 Å². The second-order valence-electron chi connectivity index (χ2n) is 8.13. The predicted octanol–water partition coefficient (Wildman–Crippen LogP) is 5.56. The van der Waals surface area contributed by atoms with E-state index in [1.807, 2.05) is 26.0 Å². The molecule has 1 aliphatic rings. The Morgan fingerprint density at radius 3 is 2.54 bits per heavy atom. The van der Waals surface area contributed by atoms with Gasteiger partial charge in [-0.3, -0.25) is 9.59 Å². The van der Waals surface area contributed by atoms with Gasteiger partial charge < -0.3 is 10.2 Å². The summed E-state index contributed by atoms with van der Waals surface area (Å²) in [4.78, 5) is 23.4. The van der Waals surface area contributed by atoms with Crippen LogP contribution in [0.5, 0.6) is 11.5 Å². The van der Waals surface area contributed by atoms with E-state index in [2.05, 4.69) is 19.9 Å². The highest BCUT2D eigenvalue weighted by Crippen LogP contribution is 2.45. The third-order valence-corrected chi connectivity index (χ3v) is 6.98. The van der Waals surface area contributed by atoms with Crippen LogP contribution in [-0.4, -0.2) is 22.3 Å². The molecule has 1 aliphatic carbocycles. The molecule has 2 N–H and O–H groups in total. The van der Waals surface area contributed by atoms with Gasteiger partial charge in [0, 0.05) is 17.9 Å². The number of ketones is 1. The van der Waals surface area contributed by atoms with E-state index >= 15 is 0 Å². The van der Waals surface area contributed by atoms with E-state index in [0.717, 1.165) is 12.0 Å². The maximum absolute atomic E-state index is 12.2. The molecule has 0 heterocycles. The van der Waals surface area contributed by atoms with Crippen LogP contribution < -0.4 is 0 Å². The Morgan fingerprint density at radius 2 is 1.93 bits per heavy atom. The number of Topliss-reactive ketones (excluding diaryl/α,β-unsaturated/α-hetero) is 1. The summed E-state index contributed by atoms with van der Waals surface area (Å²) in [7, 11) is 0. The first-order valence-electron chi connectivity index (χ1n) is 9.61. The molecule has 4 nitrogen and oxygen atoms in total. The van der Waals surface area contributed by atoms with Gasteiger partial charge >= 0.3 is 0 Å². The van der Waals surface area contributed by atoms with E-state index < -0.39 is 0 Å². The molecule has 28 heavy (non-hydrogen) atoms. The molecular formula is C23H29ClO4. The summed E-state index contributed by atoms with van der Waals surface area (Å²) in [6, 6.07) is 0. The molecule has 0 aliphatic heterocycles. The second kappa shape index (κ2) is 8.52. The zero-order valence-corrected chi connectivity index (χ0v) is 17.9. The van der Waals surface area contributed by atoms with Crippen molar-refractivity contribution in [3.05, 3.63) is 45.5 Å². The Bertz CT molecular complexity index is 853. The number of carbonyl (C=O) groups excluding carboxylic acids is 2. The summed E-state index contributed by atoms with van der Waals surface area (Å²) in [5.41, 5.74) is 1.41. The number of aldehydes is 1. The predicted molar refractivity (Wildman–Crippen MR) is 112 cm³/mol. The zero-order chi connectivity index (χ0) is 21.2. The van der Waals surface area contributed by atoms with Crippen LogP contribution in [0.4, 0.5) is 0 Å². The SMILES string of the molecule is CC(/C=C/[C@@]1(C)[C@H](C)C(=O)CC[C@@H]1C)=C\Cc1c(O)c(Cl)c(C)c(C=O)c1O. The monoisotopic (exact) mass is 404 g/mol. The third-order valence-electron chi connectivity index (χ3n) is 6.52. The normalized spacial score (nSPS) is 26.1. The highest BCUT2D eigenvalue weighted by molar-refractivity contribution is 6.33. The lowest BCUT2D eigenvalue weighted by Crippen LogP contribution is -2.40. The molecule has 0 radical (unpaired) electrons.